The zero-order valence-corrected chi connectivity index (χ0v) is 18.6. The molecule has 1 amide bonds. The summed E-state index contributed by atoms with van der Waals surface area (Å²) in [5.41, 5.74) is 4.88. The van der Waals surface area contributed by atoms with Crippen LogP contribution in [-0.4, -0.2) is 41.0 Å². The number of nitrogens with one attached hydrogen (secondary N) is 1. The maximum absolute atomic E-state index is 12.8. The number of carbonyl (C=O) groups is 1. The lowest BCUT2D eigenvalue weighted by atomic mass is 9.97. The molecule has 2 N–H and O–H groups in total. The van der Waals surface area contributed by atoms with E-state index in [1.54, 1.807) is 4.68 Å². The molecule has 0 saturated carbocycles. The molecule has 7 nitrogen and oxygen atoms in total. The monoisotopic (exact) mass is 461 g/mol. The van der Waals surface area contributed by atoms with Gasteiger partial charge in [-0.15, -0.1) is 0 Å². The van der Waals surface area contributed by atoms with Crippen LogP contribution >= 0.6 is 0 Å². The van der Waals surface area contributed by atoms with Gasteiger partial charge in [-0.25, -0.2) is 4.68 Å². The summed E-state index contributed by atoms with van der Waals surface area (Å²) in [5, 5.41) is 7.48. The molecule has 0 fully saturated rings. The number of benzene rings is 3. The minimum absolute atomic E-state index is 0.0234. The van der Waals surface area contributed by atoms with Crippen molar-refractivity contribution < 1.29 is 17.8 Å². The van der Waals surface area contributed by atoms with Crippen LogP contribution in [0.3, 0.4) is 0 Å². The summed E-state index contributed by atoms with van der Waals surface area (Å²) in [5.74, 6) is -0.912. The molecule has 0 bridgehead atoms. The fourth-order valence-electron chi connectivity index (χ4n) is 3.64. The Labute approximate surface area is 192 Å². The lowest BCUT2D eigenvalue weighted by Gasteiger charge is -2.11. The average molecular weight is 462 g/mol. The van der Waals surface area contributed by atoms with Crippen LogP contribution in [-0.2, 0) is 21.3 Å². The molecular formula is C25H23N3O4S. The highest BCUT2D eigenvalue weighted by Gasteiger charge is 2.23. The highest BCUT2D eigenvalue weighted by molar-refractivity contribution is 7.85. The molecule has 0 unspecified atom stereocenters. The van der Waals surface area contributed by atoms with Crippen LogP contribution in [0, 0.1) is 0 Å². The second-order valence-corrected chi connectivity index (χ2v) is 9.03. The molecule has 168 valence electrons. The quantitative estimate of drug-likeness (QED) is 0.389. The Morgan fingerprint density at radius 1 is 0.848 bits per heavy atom. The maximum Gasteiger partial charge on any atom is 0.266 e. The van der Waals surface area contributed by atoms with Crippen LogP contribution in [0.5, 0.6) is 0 Å². The van der Waals surface area contributed by atoms with Gasteiger partial charge in [-0.05, 0) is 17.7 Å². The van der Waals surface area contributed by atoms with E-state index in [0.29, 0.717) is 5.69 Å². The summed E-state index contributed by atoms with van der Waals surface area (Å²) >= 11 is 0. The predicted octanol–water partition coefficient (Wildman–Crippen LogP) is 3.75. The zero-order chi connectivity index (χ0) is 23.3. The van der Waals surface area contributed by atoms with Crippen LogP contribution in [0.25, 0.3) is 28.1 Å². The van der Waals surface area contributed by atoms with Crippen molar-refractivity contribution in [3.05, 3.63) is 96.7 Å². The fourth-order valence-corrected chi connectivity index (χ4v) is 4.00. The van der Waals surface area contributed by atoms with Crippen molar-refractivity contribution in [1.29, 1.82) is 0 Å². The first kappa shape index (κ1) is 22.4. The number of amides is 1. The molecule has 3 aromatic carbocycles. The third-order valence-corrected chi connectivity index (χ3v) is 5.82. The summed E-state index contributed by atoms with van der Waals surface area (Å²) in [6, 6.07) is 29.0. The Hall–Kier alpha value is -3.75. The van der Waals surface area contributed by atoms with Crippen molar-refractivity contribution in [3.8, 4) is 28.1 Å². The first-order chi connectivity index (χ1) is 15.9. The molecule has 0 radical (unpaired) electrons. The first-order valence-electron chi connectivity index (χ1n) is 10.4. The van der Waals surface area contributed by atoms with Crippen molar-refractivity contribution in [2.24, 2.45) is 0 Å². The van der Waals surface area contributed by atoms with E-state index in [4.69, 9.17) is 9.65 Å². The van der Waals surface area contributed by atoms with E-state index < -0.39 is 15.9 Å². The zero-order valence-electron chi connectivity index (χ0n) is 17.8. The van der Waals surface area contributed by atoms with Crippen molar-refractivity contribution in [1.82, 2.24) is 15.1 Å². The highest BCUT2D eigenvalue weighted by atomic mass is 32.2. The van der Waals surface area contributed by atoms with Crippen LogP contribution in [0.15, 0.2) is 91.0 Å². The van der Waals surface area contributed by atoms with Crippen molar-refractivity contribution in [2.75, 3.05) is 12.3 Å². The van der Waals surface area contributed by atoms with Gasteiger partial charge in [0.25, 0.3) is 10.1 Å². The van der Waals surface area contributed by atoms with E-state index in [-0.39, 0.29) is 18.9 Å². The van der Waals surface area contributed by atoms with E-state index in [0.717, 1.165) is 28.1 Å². The molecule has 0 aliphatic rings. The second-order valence-electron chi connectivity index (χ2n) is 7.46. The summed E-state index contributed by atoms with van der Waals surface area (Å²) in [7, 11) is -4.16. The van der Waals surface area contributed by atoms with Gasteiger partial charge in [0.2, 0.25) is 5.91 Å². The molecule has 0 spiro atoms. The number of rotatable bonds is 8. The third kappa shape index (κ3) is 5.54. The van der Waals surface area contributed by atoms with Crippen LogP contribution in [0.4, 0.5) is 0 Å². The molecule has 8 heteroatoms. The Balaban J connectivity index is 1.83. The SMILES string of the molecule is O=C(Cc1c(-c2ccccc2)c(-c2ccccc2)nn1-c1ccccc1)NCCS(=O)(=O)O. The van der Waals surface area contributed by atoms with Crippen LogP contribution < -0.4 is 5.32 Å². The standard InChI is InChI=1S/C25H23N3O4S/c29-23(26-16-17-33(30,31)32)18-22-24(19-10-4-1-5-11-19)25(20-12-6-2-7-13-20)27-28(22)21-14-8-3-9-15-21/h1-15H,16-18H2,(H,26,29)(H,30,31,32). The minimum atomic E-state index is -4.16. The summed E-state index contributed by atoms with van der Waals surface area (Å²) in [6.07, 6.45) is -0.0234. The highest BCUT2D eigenvalue weighted by Crippen LogP contribution is 2.36. The van der Waals surface area contributed by atoms with Gasteiger partial charge in [0.05, 0.1) is 23.6 Å². The van der Waals surface area contributed by atoms with E-state index in [1.165, 1.54) is 0 Å². The van der Waals surface area contributed by atoms with Gasteiger partial charge < -0.3 is 5.32 Å². The molecule has 0 aliphatic heterocycles. The van der Waals surface area contributed by atoms with Crippen molar-refractivity contribution in [2.45, 2.75) is 6.42 Å². The number of aromatic nitrogens is 2. The van der Waals surface area contributed by atoms with E-state index >= 15 is 0 Å². The van der Waals surface area contributed by atoms with Crippen LogP contribution in [0.2, 0.25) is 0 Å². The normalized spacial score (nSPS) is 11.3. The largest absolute Gasteiger partial charge is 0.355 e. The molecule has 4 aromatic rings. The molecule has 1 heterocycles. The van der Waals surface area contributed by atoms with Gasteiger partial charge in [0.15, 0.2) is 0 Å². The van der Waals surface area contributed by atoms with E-state index in [1.807, 2.05) is 91.0 Å². The van der Waals surface area contributed by atoms with Crippen LogP contribution in [0.1, 0.15) is 5.69 Å². The average Bonchev–Trinajstić information content (AvgIpc) is 3.19. The first-order valence-corrected chi connectivity index (χ1v) is 12.0. The second kappa shape index (κ2) is 9.81. The fraction of sp³-hybridized carbons (Fsp3) is 0.120. The minimum Gasteiger partial charge on any atom is -0.355 e. The van der Waals surface area contributed by atoms with E-state index in [2.05, 4.69) is 5.32 Å². The Kier molecular flexibility index (Phi) is 6.67. The van der Waals surface area contributed by atoms with E-state index in [9.17, 15) is 13.2 Å². The molecule has 4 rings (SSSR count). The molecule has 0 aliphatic carbocycles. The van der Waals surface area contributed by atoms with Gasteiger partial charge in [0.1, 0.15) is 5.69 Å². The summed E-state index contributed by atoms with van der Waals surface area (Å²) < 4.78 is 32.7. The number of hydrogen-bond acceptors (Lipinski definition) is 4. The smallest absolute Gasteiger partial charge is 0.266 e. The van der Waals surface area contributed by atoms with Gasteiger partial charge >= 0.3 is 0 Å². The molecular weight excluding hydrogens is 438 g/mol. The number of para-hydroxylation sites is 1. The van der Waals surface area contributed by atoms with Gasteiger partial charge in [0, 0.05) is 17.7 Å². The summed E-state index contributed by atoms with van der Waals surface area (Å²) in [4.78, 5) is 12.8. The lowest BCUT2D eigenvalue weighted by molar-refractivity contribution is -0.120. The van der Waals surface area contributed by atoms with Gasteiger partial charge in [-0.3, -0.25) is 9.35 Å². The summed E-state index contributed by atoms with van der Waals surface area (Å²) in [6.45, 7) is -0.177. The molecule has 0 saturated heterocycles. The number of carbonyl (C=O) groups excluding carboxylic acids is 1. The Bertz CT molecular complexity index is 1340. The van der Waals surface area contributed by atoms with Gasteiger partial charge in [-0.2, -0.15) is 13.5 Å². The van der Waals surface area contributed by atoms with Gasteiger partial charge in [-0.1, -0.05) is 78.9 Å². The topological polar surface area (TPSA) is 101 Å². The maximum atomic E-state index is 12.8. The Morgan fingerprint density at radius 3 is 1.97 bits per heavy atom. The number of nitrogens with zero attached hydrogens (tertiary/aromatic N) is 2. The molecule has 0 atom stereocenters. The Morgan fingerprint density at radius 2 is 1.39 bits per heavy atom. The third-order valence-electron chi connectivity index (χ3n) is 5.10. The van der Waals surface area contributed by atoms with Crippen molar-refractivity contribution >= 4 is 16.0 Å². The number of hydrogen-bond donors (Lipinski definition) is 2. The molecule has 1 aromatic heterocycles. The van der Waals surface area contributed by atoms with Crippen molar-refractivity contribution in [3.63, 3.8) is 0 Å². The lowest BCUT2D eigenvalue weighted by Crippen LogP contribution is -2.30. The predicted molar refractivity (Wildman–Crippen MR) is 128 cm³/mol. The molecule has 33 heavy (non-hydrogen) atoms.